The maximum atomic E-state index is 13.0. The molecule has 83 heavy (non-hydrogen) atoms. The van der Waals surface area contributed by atoms with Gasteiger partial charge in [0.15, 0.2) is 6.10 Å². The van der Waals surface area contributed by atoms with Gasteiger partial charge in [0, 0.05) is 19.3 Å². The Labute approximate surface area is 517 Å². The number of hydrogen-bond acceptors (Lipinski definition) is 6. The van der Waals surface area contributed by atoms with Gasteiger partial charge in [0.2, 0.25) is 0 Å². The molecule has 0 saturated carbocycles. The van der Waals surface area contributed by atoms with Crippen LogP contribution in [0.1, 0.15) is 393 Å². The predicted molar refractivity (Wildman–Crippen MR) is 362 cm³/mol. The van der Waals surface area contributed by atoms with Crippen molar-refractivity contribution in [1.29, 1.82) is 0 Å². The molecule has 0 aromatic rings. The van der Waals surface area contributed by atoms with Crippen molar-refractivity contribution >= 4 is 17.9 Å². The van der Waals surface area contributed by atoms with Crippen LogP contribution >= 0.6 is 0 Å². The fraction of sp³-hybridized carbons (Fsp3) is 0.831. The zero-order valence-electron chi connectivity index (χ0n) is 55.7. The summed E-state index contributed by atoms with van der Waals surface area (Å²) in [4.78, 5) is 38.5. The molecule has 0 aliphatic heterocycles. The number of carbonyl (C=O) groups excluding carboxylic acids is 3. The number of rotatable bonds is 68. The van der Waals surface area contributed by atoms with Crippen molar-refractivity contribution in [3.05, 3.63) is 60.8 Å². The van der Waals surface area contributed by atoms with Gasteiger partial charge in [-0.3, -0.25) is 14.4 Å². The van der Waals surface area contributed by atoms with E-state index in [0.29, 0.717) is 19.3 Å². The van der Waals surface area contributed by atoms with E-state index in [1.165, 1.54) is 270 Å². The van der Waals surface area contributed by atoms with Crippen LogP contribution in [0.4, 0.5) is 0 Å². The standard InChI is InChI=1S/C77H140O6/c1-4-7-10-13-16-19-22-25-28-30-32-34-35-36-37-38-39-40-41-43-44-46-49-52-55-58-61-64-67-70-76(79)82-73-74(72-81-75(78)69-66-63-60-57-54-51-48-27-24-21-18-15-12-9-6-3)83-77(80)71-68-65-62-59-56-53-50-47-45-42-33-31-29-26-23-20-17-14-11-8-5-2/h18,21,23,26-27,30-33,48,74H,4-17,19-20,22,24-25,28-29,34-47,49-73H2,1-3H3/b21-18-,26-23-,32-30-,33-31-,48-27-. The lowest BCUT2D eigenvalue weighted by Crippen LogP contribution is -2.30. The second-order valence-corrected chi connectivity index (χ2v) is 24.8. The van der Waals surface area contributed by atoms with Crippen molar-refractivity contribution in [3.63, 3.8) is 0 Å². The molecular weight excluding hydrogens is 1020 g/mol. The Hall–Kier alpha value is -2.89. The molecule has 0 spiro atoms. The molecule has 6 heteroatoms. The maximum absolute atomic E-state index is 13.0. The lowest BCUT2D eigenvalue weighted by Gasteiger charge is -2.18. The summed E-state index contributed by atoms with van der Waals surface area (Å²) in [6, 6.07) is 0. The molecule has 0 aromatic carbocycles. The van der Waals surface area contributed by atoms with E-state index in [0.717, 1.165) is 83.5 Å². The van der Waals surface area contributed by atoms with Crippen LogP contribution in [0.3, 0.4) is 0 Å². The first-order chi connectivity index (χ1) is 41.0. The fourth-order valence-electron chi connectivity index (χ4n) is 10.9. The predicted octanol–water partition coefficient (Wildman–Crippen LogP) is 25.5. The average Bonchev–Trinajstić information content (AvgIpc) is 3.49. The van der Waals surface area contributed by atoms with Gasteiger partial charge in [-0.15, -0.1) is 0 Å². The summed E-state index contributed by atoms with van der Waals surface area (Å²) in [6.45, 7) is 6.65. The van der Waals surface area contributed by atoms with Gasteiger partial charge in [0.25, 0.3) is 0 Å². The highest BCUT2D eigenvalue weighted by atomic mass is 16.6. The molecule has 0 saturated heterocycles. The molecule has 0 heterocycles. The van der Waals surface area contributed by atoms with Crippen molar-refractivity contribution in [3.8, 4) is 0 Å². The molecule has 0 aliphatic carbocycles. The van der Waals surface area contributed by atoms with Gasteiger partial charge in [0.05, 0.1) is 0 Å². The number of allylic oxidation sites excluding steroid dienone is 10. The van der Waals surface area contributed by atoms with E-state index < -0.39 is 6.10 Å². The number of ether oxygens (including phenoxy) is 3. The third kappa shape index (κ3) is 69.8. The lowest BCUT2D eigenvalue weighted by atomic mass is 10.0. The third-order valence-corrected chi connectivity index (χ3v) is 16.5. The normalized spacial score (nSPS) is 12.4. The largest absolute Gasteiger partial charge is 0.462 e. The molecule has 6 nitrogen and oxygen atoms in total. The minimum absolute atomic E-state index is 0.0772. The van der Waals surface area contributed by atoms with Crippen LogP contribution in [-0.2, 0) is 28.6 Å². The Bertz CT molecular complexity index is 1470. The van der Waals surface area contributed by atoms with Crippen LogP contribution in [0.25, 0.3) is 0 Å². The number of esters is 3. The zero-order valence-corrected chi connectivity index (χ0v) is 55.7. The van der Waals surface area contributed by atoms with E-state index in [1.807, 2.05) is 0 Å². The van der Waals surface area contributed by atoms with E-state index in [4.69, 9.17) is 14.2 Å². The van der Waals surface area contributed by atoms with E-state index >= 15 is 0 Å². The van der Waals surface area contributed by atoms with Crippen LogP contribution in [0.5, 0.6) is 0 Å². The molecule has 1 atom stereocenters. The van der Waals surface area contributed by atoms with Crippen LogP contribution in [0.2, 0.25) is 0 Å². The highest BCUT2D eigenvalue weighted by Crippen LogP contribution is 2.18. The highest BCUT2D eigenvalue weighted by molar-refractivity contribution is 5.71. The van der Waals surface area contributed by atoms with E-state index in [2.05, 4.69) is 81.5 Å². The van der Waals surface area contributed by atoms with Crippen molar-refractivity contribution in [2.45, 2.75) is 399 Å². The minimum atomic E-state index is -0.783. The monoisotopic (exact) mass is 1160 g/mol. The summed E-state index contributed by atoms with van der Waals surface area (Å²) in [5, 5.41) is 0. The SMILES string of the molecule is CCCCC/C=C\C/C=C\CCCCCCCC(=O)OCC(COC(=O)CCCCCCCCCCCCCCCCCCC/C=C\CCCCCCCCCC)OC(=O)CCCCCCCCCCC/C=C\C/C=C\CCCCCCC. The second kappa shape index (κ2) is 71.6. The van der Waals surface area contributed by atoms with E-state index in [1.54, 1.807) is 0 Å². The Morgan fingerprint density at radius 1 is 0.241 bits per heavy atom. The Morgan fingerprint density at radius 3 is 0.699 bits per heavy atom. The number of hydrogen-bond donors (Lipinski definition) is 0. The highest BCUT2D eigenvalue weighted by Gasteiger charge is 2.19. The maximum Gasteiger partial charge on any atom is 0.306 e. The minimum Gasteiger partial charge on any atom is -0.462 e. The first-order valence-corrected chi connectivity index (χ1v) is 36.8. The summed E-state index contributed by atoms with van der Waals surface area (Å²) in [6.07, 6.45) is 92.6. The van der Waals surface area contributed by atoms with Gasteiger partial charge in [-0.25, -0.2) is 0 Å². The van der Waals surface area contributed by atoms with Crippen molar-refractivity contribution < 1.29 is 28.6 Å². The molecule has 0 rings (SSSR count). The van der Waals surface area contributed by atoms with E-state index in [9.17, 15) is 14.4 Å². The molecular formula is C77H140O6. The smallest absolute Gasteiger partial charge is 0.306 e. The Kier molecular flexibility index (Phi) is 69.1. The average molecular weight is 1160 g/mol. The van der Waals surface area contributed by atoms with Crippen LogP contribution < -0.4 is 0 Å². The van der Waals surface area contributed by atoms with Crippen LogP contribution in [0, 0.1) is 0 Å². The number of unbranched alkanes of at least 4 members (excludes halogenated alkanes) is 47. The molecule has 0 fully saturated rings. The number of carbonyl (C=O) groups is 3. The lowest BCUT2D eigenvalue weighted by molar-refractivity contribution is -0.167. The summed E-state index contributed by atoms with van der Waals surface area (Å²) in [5.74, 6) is -0.872. The van der Waals surface area contributed by atoms with E-state index in [-0.39, 0.29) is 31.1 Å². The molecule has 0 bridgehead atoms. The Morgan fingerprint density at radius 2 is 0.434 bits per heavy atom. The summed E-state index contributed by atoms with van der Waals surface area (Å²) < 4.78 is 17.0. The third-order valence-electron chi connectivity index (χ3n) is 16.5. The van der Waals surface area contributed by atoms with Crippen LogP contribution in [-0.4, -0.2) is 37.2 Å². The molecule has 0 radical (unpaired) electrons. The topological polar surface area (TPSA) is 78.9 Å². The van der Waals surface area contributed by atoms with Gasteiger partial charge >= 0.3 is 17.9 Å². The first-order valence-electron chi connectivity index (χ1n) is 36.8. The van der Waals surface area contributed by atoms with Crippen molar-refractivity contribution in [2.24, 2.45) is 0 Å². The quantitative estimate of drug-likeness (QED) is 0.0261. The second-order valence-electron chi connectivity index (χ2n) is 24.8. The molecule has 0 aliphatic rings. The van der Waals surface area contributed by atoms with Crippen LogP contribution in [0.15, 0.2) is 60.8 Å². The molecule has 484 valence electrons. The van der Waals surface area contributed by atoms with Gasteiger partial charge in [-0.2, -0.15) is 0 Å². The zero-order chi connectivity index (χ0) is 59.9. The van der Waals surface area contributed by atoms with Gasteiger partial charge in [-0.05, 0) is 109 Å². The summed E-state index contributed by atoms with van der Waals surface area (Å²) in [7, 11) is 0. The Balaban J connectivity index is 4.25. The van der Waals surface area contributed by atoms with Crippen molar-refractivity contribution in [2.75, 3.05) is 13.2 Å². The van der Waals surface area contributed by atoms with Gasteiger partial charge in [-0.1, -0.05) is 326 Å². The van der Waals surface area contributed by atoms with Crippen molar-refractivity contribution in [1.82, 2.24) is 0 Å². The molecule has 1 unspecified atom stereocenters. The van der Waals surface area contributed by atoms with Gasteiger partial charge < -0.3 is 14.2 Å². The summed E-state index contributed by atoms with van der Waals surface area (Å²) in [5.41, 5.74) is 0. The van der Waals surface area contributed by atoms with Gasteiger partial charge in [0.1, 0.15) is 13.2 Å². The summed E-state index contributed by atoms with van der Waals surface area (Å²) >= 11 is 0. The fourth-order valence-corrected chi connectivity index (χ4v) is 10.9. The molecule has 0 aromatic heterocycles. The first kappa shape index (κ1) is 80.1. The molecule has 0 N–H and O–H groups in total. The molecule has 0 amide bonds.